The number of benzene rings is 1. The average molecular weight is 269 g/mol. The SMILES string of the molecule is O=C1COCC1CCc1ccccc1Br. The number of ketones is 1. The number of hydrogen-bond donors (Lipinski definition) is 0. The molecule has 1 aromatic carbocycles. The first-order valence-corrected chi connectivity index (χ1v) is 5.90. The van der Waals surface area contributed by atoms with Gasteiger partial charge >= 0.3 is 0 Å². The van der Waals surface area contributed by atoms with Crippen molar-refractivity contribution in [2.45, 2.75) is 12.8 Å². The third-order valence-corrected chi connectivity index (χ3v) is 3.51. The highest BCUT2D eigenvalue weighted by Gasteiger charge is 2.24. The molecule has 0 aromatic heterocycles. The van der Waals surface area contributed by atoms with Gasteiger partial charge in [-0.25, -0.2) is 0 Å². The van der Waals surface area contributed by atoms with Crippen molar-refractivity contribution < 1.29 is 9.53 Å². The molecule has 1 aromatic rings. The Bertz CT molecular complexity index is 362. The third kappa shape index (κ3) is 2.67. The van der Waals surface area contributed by atoms with Crippen molar-refractivity contribution >= 4 is 21.7 Å². The smallest absolute Gasteiger partial charge is 0.163 e. The van der Waals surface area contributed by atoms with E-state index in [1.807, 2.05) is 18.2 Å². The van der Waals surface area contributed by atoms with Crippen LogP contribution in [0, 0.1) is 5.92 Å². The Labute approximate surface area is 97.8 Å². The monoisotopic (exact) mass is 268 g/mol. The number of aryl methyl sites for hydroxylation is 1. The molecule has 2 rings (SSSR count). The van der Waals surface area contributed by atoms with Gasteiger partial charge in [-0.15, -0.1) is 0 Å². The van der Waals surface area contributed by atoms with Crippen molar-refractivity contribution in [2.75, 3.05) is 13.2 Å². The Kier molecular flexibility index (Phi) is 3.54. The lowest BCUT2D eigenvalue weighted by molar-refractivity contribution is -0.120. The van der Waals surface area contributed by atoms with Crippen molar-refractivity contribution in [1.29, 1.82) is 0 Å². The molecule has 1 atom stereocenters. The van der Waals surface area contributed by atoms with Crippen molar-refractivity contribution in [3.05, 3.63) is 34.3 Å². The zero-order valence-corrected chi connectivity index (χ0v) is 10.00. The maximum Gasteiger partial charge on any atom is 0.163 e. The first-order valence-electron chi connectivity index (χ1n) is 5.11. The van der Waals surface area contributed by atoms with Gasteiger partial charge in [0.1, 0.15) is 6.61 Å². The zero-order chi connectivity index (χ0) is 10.7. The molecule has 0 saturated carbocycles. The molecule has 1 aliphatic rings. The highest BCUT2D eigenvalue weighted by atomic mass is 79.9. The highest BCUT2D eigenvalue weighted by molar-refractivity contribution is 9.10. The van der Waals surface area contributed by atoms with Gasteiger partial charge in [0, 0.05) is 10.4 Å². The first-order chi connectivity index (χ1) is 7.27. The summed E-state index contributed by atoms with van der Waals surface area (Å²) in [7, 11) is 0. The number of halogens is 1. The molecule has 2 nitrogen and oxygen atoms in total. The lowest BCUT2D eigenvalue weighted by Crippen LogP contribution is -2.12. The normalized spacial score (nSPS) is 20.9. The fraction of sp³-hybridized carbons (Fsp3) is 0.417. The maximum atomic E-state index is 11.3. The van der Waals surface area contributed by atoms with Crippen molar-refractivity contribution in [3.63, 3.8) is 0 Å². The van der Waals surface area contributed by atoms with Crippen LogP contribution < -0.4 is 0 Å². The van der Waals surface area contributed by atoms with Crippen LogP contribution in [0.5, 0.6) is 0 Å². The Hall–Kier alpha value is -0.670. The number of rotatable bonds is 3. The van der Waals surface area contributed by atoms with Crippen molar-refractivity contribution in [2.24, 2.45) is 5.92 Å². The minimum atomic E-state index is 0.108. The largest absolute Gasteiger partial charge is 0.373 e. The van der Waals surface area contributed by atoms with Crippen LogP contribution in [-0.2, 0) is 16.0 Å². The standard InChI is InChI=1S/C12H13BrO2/c13-11-4-2-1-3-9(11)5-6-10-7-15-8-12(10)14/h1-4,10H,5-8H2. The van der Waals surface area contributed by atoms with E-state index in [-0.39, 0.29) is 11.7 Å². The van der Waals surface area contributed by atoms with E-state index < -0.39 is 0 Å². The predicted molar refractivity (Wildman–Crippen MR) is 61.8 cm³/mol. The summed E-state index contributed by atoms with van der Waals surface area (Å²) in [6, 6.07) is 8.14. The van der Waals surface area contributed by atoms with E-state index in [1.54, 1.807) is 0 Å². The van der Waals surface area contributed by atoms with Gasteiger partial charge < -0.3 is 4.74 Å². The Morgan fingerprint density at radius 3 is 2.87 bits per heavy atom. The predicted octanol–water partition coefficient (Wildman–Crippen LogP) is 2.60. The number of ether oxygens (including phenoxy) is 1. The minimum Gasteiger partial charge on any atom is -0.373 e. The van der Waals surface area contributed by atoms with Crippen LogP contribution in [0.4, 0.5) is 0 Å². The maximum absolute atomic E-state index is 11.3. The number of carbonyl (C=O) groups is 1. The topological polar surface area (TPSA) is 26.3 Å². The highest BCUT2D eigenvalue weighted by Crippen LogP contribution is 2.21. The molecule has 1 aliphatic heterocycles. The number of hydrogen-bond acceptors (Lipinski definition) is 2. The molecule has 0 aliphatic carbocycles. The number of Topliss-reactive ketones (excluding diaryl/α,β-unsaturated/α-hetero) is 1. The molecule has 1 saturated heterocycles. The summed E-state index contributed by atoms with van der Waals surface area (Å²) in [5.74, 6) is 0.360. The summed E-state index contributed by atoms with van der Waals surface area (Å²) < 4.78 is 6.25. The van der Waals surface area contributed by atoms with E-state index in [2.05, 4.69) is 22.0 Å². The summed E-state index contributed by atoms with van der Waals surface area (Å²) in [6.07, 6.45) is 1.82. The van der Waals surface area contributed by atoms with Gasteiger partial charge in [-0.3, -0.25) is 4.79 Å². The Morgan fingerprint density at radius 2 is 2.20 bits per heavy atom. The molecule has 15 heavy (non-hydrogen) atoms. The van der Waals surface area contributed by atoms with Crippen LogP contribution in [0.25, 0.3) is 0 Å². The second-order valence-electron chi connectivity index (χ2n) is 3.81. The second kappa shape index (κ2) is 4.90. The van der Waals surface area contributed by atoms with Gasteiger partial charge in [-0.2, -0.15) is 0 Å². The van der Waals surface area contributed by atoms with E-state index in [1.165, 1.54) is 5.56 Å². The summed E-state index contributed by atoms with van der Waals surface area (Å²) >= 11 is 3.50. The molecule has 1 heterocycles. The van der Waals surface area contributed by atoms with Gasteiger partial charge in [0.2, 0.25) is 0 Å². The fourth-order valence-electron chi connectivity index (χ4n) is 1.79. The van der Waals surface area contributed by atoms with Gasteiger partial charge in [-0.05, 0) is 24.5 Å². The quantitative estimate of drug-likeness (QED) is 0.843. The molecular weight excluding hydrogens is 256 g/mol. The third-order valence-electron chi connectivity index (χ3n) is 2.74. The zero-order valence-electron chi connectivity index (χ0n) is 8.41. The molecular formula is C12H13BrO2. The molecule has 0 radical (unpaired) electrons. The van der Waals surface area contributed by atoms with E-state index in [0.717, 1.165) is 17.3 Å². The molecule has 80 valence electrons. The minimum absolute atomic E-state index is 0.108. The van der Waals surface area contributed by atoms with Crippen LogP contribution in [-0.4, -0.2) is 19.0 Å². The Balaban J connectivity index is 1.93. The molecule has 3 heteroatoms. The van der Waals surface area contributed by atoms with Crippen LogP contribution in [0.1, 0.15) is 12.0 Å². The van der Waals surface area contributed by atoms with Crippen LogP contribution in [0.15, 0.2) is 28.7 Å². The van der Waals surface area contributed by atoms with Crippen LogP contribution in [0.2, 0.25) is 0 Å². The van der Waals surface area contributed by atoms with E-state index in [4.69, 9.17) is 4.74 Å². The second-order valence-corrected chi connectivity index (χ2v) is 4.66. The number of carbonyl (C=O) groups excluding carboxylic acids is 1. The molecule has 0 amide bonds. The van der Waals surface area contributed by atoms with E-state index in [9.17, 15) is 4.79 Å². The molecule has 1 fully saturated rings. The van der Waals surface area contributed by atoms with Crippen LogP contribution in [0.3, 0.4) is 0 Å². The summed E-state index contributed by atoms with van der Waals surface area (Å²) in [6.45, 7) is 0.907. The lowest BCUT2D eigenvalue weighted by Gasteiger charge is -2.07. The van der Waals surface area contributed by atoms with Gasteiger partial charge in [0.15, 0.2) is 5.78 Å². The lowest BCUT2D eigenvalue weighted by atomic mass is 9.98. The molecule has 1 unspecified atom stereocenters. The first kappa shape index (κ1) is 10.8. The fourth-order valence-corrected chi connectivity index (χ4v) is 2.27. The average Bonchev–Trinajstić information content (AvgIpc) is 2.63. The van der Waals surface area contributed by atoms with Crippen molar-refractivity contribution in [1.82, 2.24) is 0 Å². The summed E-state index contributed by atoms with van der Waals surface area (Å²) in [5.41, 5.74) is 1.26. The Morgan fingerprint density at radius 1 is 1.40 bits per heavy atom. The van der Waals surface area contributed by atoms with Crippen molar-refractivity contribution in [3.8, 4) is 0 Å². The molecule has 0 N–H and O–H groups in total. The van der Waals surface area contributed by atoms with Gasteiger partial charge in [0.05, 0.1) is 6.61 Å². The molecule has 0 spiro atoms. The van der Waals surface area contributed by atoms with Gasteiger partial charge in [-0.1, -0.05) is 34.1 Å². The summed E-state index contributed by atoms with van der Waals surface area (Å²) in [4.78, 5) is 11.3. The molecule has 0 bridgehead atoms. The van der Waals surface area contributed by atoms with E-state index in [0.29, 0.717) is 13.2 Å². The summed E-state index contributed by atoms with van der Waals surface area (Å²) in [5, 5.41) is 0. The van der Waals surface area contributed by atoms with E-state index >= 15 is 0 Å². The van der Waals surface area contributed by atoms with Gasteiger partial charge in [0.25, 0.3) is 0 Å². The van der Waals surface area contributed by atoms with Crippen LogP contribution >= 0.6 is 15.9 Å².